The SMILES string of the molecule is CC1CN(C)CCC1NS(=O)(=O)c1cc(Cl)cc(N)c1Br. The van der Waals surface area contributed by atoms with Crippen LogP contribution in [0.1, 0.15) is 13.3 Å². The molecule has 0 radical (unpaired) electrons. The molecule has 0 aliphatic carbocycles. The van der Waals surface area contributed by atoms with E-state index in [2.05, 4.69) is 25.6 Å². The Morgan fingerprint density at radius 3 is 2.76 bits per heavy atom. The predicted molar refractivity (Wildman–Crippen MR) is 89.0 cm³/mol. The Morgan fingerprint density at radius 1 is 1.48 bits per heavy atom. The van der Waals surface area contributed by atoms with Gasteiger partial charge in [0.1, 0.15) is 0 Å². The van der Waals surface area contributed by atoms with E-state index >= 15 is 0 Å². The van der Waals surface area contributed by atoms with Gasteiger partial charge in [-0.2, -0.15) is 0 Å². The van der Waals surface area contributed by atoms with Crippen LogP contribution in [0.3, 0.4) is 0 Å². The van der Waals surface area contributed by atoms with Crippen molar-refractivity contribution in [2.75, 3.05) is 25.9 Å². The lowest BCUT2D eigenvalue weighted by atomic mass is 9.95. The fourth-order valence-corrected chi connectivity index (χ4v) is 5.24. The standard InChI is InChI=1S/C13H19BrClN3O2S/c1-8-7-18(2)4-3-11(8)17-21(19,20)12-6-9(15)5-10(16)13(12)14/h5-6,8,11,17H,3-4,7,16H2,1-2H3. The van der Waals surface area contributed by atoms with E-state index in [9.17, 15) is 8.42 Å². The minimum absolute atomic E-state index is 0.0821. The van der Waals surface area contributed by atoms with Crippen LogP contribution < -0.4 is 10.5 Å². The first kappa shape index (κ1) is 17.0. The van der Waals surface area contributed by atoms with Crippen LogP contribution in [-0.2, 0) is 10.0 Å². The van der Waals surface area contributed by atoms with E-state index < -0.39 is 10.0 Å². The summed E-state index contributed by atoms with van der Waals surface area (Å²) in [7, 11) is -1.63. The van der Waals surface area contributed by atoms with Crippen LogP contribution in [0.4, 0.5) is 5.69 Å². The van der Waals surface area contributed by atoms with Gasteiger partial charge < -0.3 is 10.6 Å². The fraction of sp³-hybridized carbons (Fsp3) is 0.538. The summed E-state index contributed by atoms with van der Waals surface area (Å²) in [5.74, 6) is 0.244. The van der Waals surface area contributed by atoms with Crippen molar-refractivity contribution in [1.82, 2.24) is 9.62 Å². The number of piperidine rings is 1. The summed E-state index contributed by atoms with van der Waals surface area (Å²) in [6.45, 7) is 3.78. The van der Waals surface area contributed by atoms with Crippen molar-refractivity contribution in [1.29, 1.82) is 0 Å². The lowest BCUT2D eigenvalue weighted by Gasteiger charge is -2.35. The Hall–Kier alpha value is -0.340. The van der Waals surface area contributed by atoms with Gasteiger partial charge in [0.15, 0.2) is 0 Å². The second kappa shape index (κ2) is 6.42. The van der Waals surface area contributed by atoms with Gasteiger partial charge in [0.25, 0.3) is 0 Å². The molecule has 0 amide bonds. The summed E-state index contributed by atoms with van der Waals surface area (Å²) in [5.41, 5.74) is 6.07. The molecular formula is C13H19BrClN3O2S. The molecule has 5 nitrogen and oxygen atoms in total. The van der Waals surface area contributed by atoms with Gasteiger partial charge in [0.2, 0.25) is 10.0 Å². The van der Waals surface area contributed by atoms with Gasteiger partial charge in [0, 0.05) is 23.3 Å². The molecule has 0 spiro atoms. The van der Waals surface area contributed by atoms with Crippen molar-refractivity contribution in [2.45, 2.75) is 24.3 Å². The Kier molecular flexibility index (Phi) is 5.20. The van der Waals surface area contributed by atoms with E-state index in [1.165, 1.54) is 12.1 Å². The molecular weight excluding hydrogens is 378 g/mol. The summed E-state index contributed by atoms with van der Waals surface area (Å²) in [4.78, 5) is 2.28. The lowest BCUT2D eigenvalue weighted by Crippen LogP contribution is -2.48. The van der Waals surface area contributed by atoms with Gasteiger partial charge in [-0.3, -0.25) is 0 Å². The van der Waals surface area contributed by atoms with E-state index in [1.54, 1.807) is 0 Å². The third-order valence-electron chi connectivity index (χ3n) is 3.74. The number of nitrogen functional groups attached to an aromatic ring is 1. The monoisotopic (exact) mass is 395 g/mol. The highest BCUT2D eigenvalue weighted by Crippen LogP contribution is 2.32. The number of halogens is 2. The van der Waals surface area contributed by atoms with Crippen molar-refractivity contribution in [3.05, 3.63) is 21.6 Å². The smallest absolute Gasteiger partial charge is 0.242 e. The molecule has 0 aromatic heterocycles. The molecule has 8 heteroatoms. The Labute approximate surface area is 139 Å². The third-order valence-corrected chi connectivity index (χ3v) is 6.62. The first-order chi connectivity index (χ1) is 9.70. The second-order valence-electron chi connectivity index (χ2n) is 5.56. The molecule has 3 N–H and O–H groups in total. The molecule has 1 aromatic carbocycles. The highest BCUT2D eigenvalue weighted by molar-refractivity contribution is 9.10. The number of rotatable bonds is 3. The van der Waals surface area contributed by atoms with Crippen molar-refractivity contribution >= 4 is 43.2 Å². The van der Waals surface area contributed by atoms with Crippen LogP contribution in [0.2, 0.25) is 5.02 Å². The van der Waals surface area contributed by atoms with Gasteiger partial charge in [-0.05, 0) is 54.0 Å². The zero-order valence-corrected chi connectivity index (χ0v) is 15.1. The van der Waals surface area contributed by atoms with E-state index in [0.29, 0.717) is 15.2 Å². The topological polar surface area (TPSA) is 75.4 Å². The molecule has 0 bridgehead atoms. The molecule has 0 saturated carbocycles. The van der Waals surface area contributed by atoms with Crippen molar-refractivity contribution in [2.24, 2.45) is 5.92 Å². The number of anilines is 1. The number of hydrogen-bond donors (Lipinski definition) is 2. The van der Waals surface area contributed by atoms with Crippen LogP contribution in [-0.4, -0.2) is 39.5 Å². The van der Waals surface area contributed by atoms with Gasteiger partial charge in [-0.25, -0.2) is 13.1 Å². The molecule has 21 heavy (non-hydrogen) atoms. The van der Waals surface area contributed by atoms with E-state index in [4.69, 9.17) is 17.3 Å². The summed E-state index contributed by atoms with van der Waals surface area (Å²) < 4.78 is 28.3. The number of nitrogens with zero attached hydrogens (tertiary/aromatic N) is 1. The molecule has 2 unspecified atom stereocenters. The highest BCUT2D eigenvalue weighted by Gasteiger charge is 2.30. The van der Waals surface area contributed by atoms with Crippen LogP contribution in [0, 0.1) is 5.92 Å². The maximum absolute atomic E-state index is 12.6. The van der Waals surface area contributed by atoms with Crippen LogP contribution in [0.5, 0.6) is 0 Å². The Morgan fingerprint density at radius 2 is 2.14 bits per heavy atom. The van der Waals surface area contributed by atoms with Crippen molar-refractivity contribution in [3.63, 3.8) is 0 Å². The molecule has 1 fully saturated rings. The molecule has 2 atom stereocenters. The first-order valence-corrected chi connectivity index (χ1v) is 9.31. The Balaban J connectivity index is 2.27. The normalized spacial score (nSPS) is 24.2. The fourth-order valence-electron chi connectivity index (χ4n) is 2.57. The molecule has 1 saturated heterocycles. The zero-order chi connectivity index (χ0) is 15.8. The van der Waals surface area contributed by atoms with E-state index in [1.807, 2.05) is 14.0 Å². The predicted octanol–water partition coefficient (Wildman–Crippen LogP) is 2.30. The minimum atomic E-state index is -3.67. The number of nitrogens with one attached hydrogen (secondary N) is 1. The molecule has 1 aliphatic rings. The summed E-state index contributed by atoms with van der Waals surface area (Å²) in [6, 6.07) is 2.84. The average molecular weight is 397 g/mol. The summed E-state index contributed by atoms with van der Waals surface area (Å²) >= 11 is 9.15. The lowest BCUT2D eigenvalue weighted by molar-refractivity contribution is 0.188. The zero-order valence-electron chi connectivity index (χ0n) is 11.9. The quantitative estimate of drug-likeness (QED) is 0.769. The van der Waals surface area contributed by atoms with Crippen LogP contribution >= 0.6 is 27.5 Å². The van der Waals surface area contributed by atoms with E-state index in [-0.39, 0.29) is 16.9 Å². The third kappa shape index (κ3) is 3.90. The molecule has 1 aliphatic heterocycles. The largest absolute Gasteiger partial charge is 0.398 e. The second-order valence-corrected chi connectivity index (χ2v) is 8.47. The van der Waals surface area contributed by atoms with Crippen LogP contribution in [0.25, 0.3) is 0 Å². The highest BCUT2D eigenvalue weighted by atomic mass is 79.9. The van der Waals surface area contributed by atoms with E-state index in [0.717, 1.165) is 19.5 Å². The molecule has 118 valence electrons. The van der Waals surface area contributed by atoms with Gasteiger partial charge in [-0.1, -0.05) is 18.5 Å². The van der Waals surface area contributed by atoms with Gasteiger partial charge >= 0.3 is 0 Å². The Bertz CT molecular complexity index is 639. The first-order valence-electron chi connectivity index (χ1n) is 6.66. The van der Waals surface area contributed by atoms with Crippen molar-refractivity contribution < 1.29 is 8.42 Å². The number of hydrogen-bond acceptors (Lipinski definition) is 4. The number of nitrogens with two attached hydrogens (primary N) is 1. The minimum Gasteiger partial charge on any atom is -0.398 e. The maximum atomic E-state index is 12.6. The molecule has 1 aromatic rings. The summed E-state index contributed by atoms with van der Waals surface area (Å²) in [5, 5.41) is 0.299. The average Bonchev–Trinajstić information content (AvgIpc) is 2.37. The van der Waals surface area contributed by atoms with Crippen LogP contribution in [0.15, 0.2) is 21.5 Å². The van der Waals surface area contributed by atoms with Gasteiger partial charge in [-0.15, -0.1) is 0 Å². The summed E-state index contributed by atoms with van der Waals surface area (Å²) in [6.07, 6.45) is 0.782. The number of benzene rings is 1. The number of likely N-dealkylation sites (tertiary alicyclic amines) is 1. The van der Waals surface area contributed by atoms with Gasteiger partial charge in [0.05, 0.1) is 9.37 Å². The maximum Gasteiger partial charge on any atom is 0.242 e. The molecule has 1 heterocycles. The number of sulfonamides is 1. The van der Waals surface area contributed by atoms with Crippen molar-refractivity contribution in [3.8, 4) is 0 Å². The molecule has 2 rings (SSSR count).